The fourth-order valence-electron chi connectivity index (χ4n) is 3.42. The van der Waals surface area contributed by atoms with Crippen LogP contribution in [0.15, 0.2) is 21.6 Å². The van der Waals surface area contributed by atoms with Gasteiger partial charge in [0.1, 0.15) is 0 Å². The molecule has 0 bridgehead atoms. The predicted molar refractivity (Wildman–Crippen MR) is 91.3 cm³/mol. The van der Waals surface area contributed by atoms with Gasteiger partial charge >= 0.3 is 0 Å². The molecule has 3 heterocycles. The second kappa shape index (κ2) is 7.30. The lowest BCUT2D eigenvalue weighted by Gasteiger charge is -2.25. The second-order valence-electron chi connectivity index (χ2n) is 7.05. The van der Waals surface area contributed by atoms with Gasteiger partial charge in [-0.05, 0) is 31.4 Å². The topological polar surface area (TPSA) is 89.3 Å². The van der Waals surface area contributed by atoms with Gasteiger partial charge in [0.25, 0.3) is 15.9 Å². The Morgan fingerprint density at radius 2 is 1.88 bits per heavy atom. The zero-order chi connectivity index (χ0) is 18.1. The molecule has 0 aromatic carbocycles. The Kier molecular flexibility index (Phi) is 5.05. The third-order valence-electron chi connectivity index (χ3n) is 5.08. The van der Waals surface area contributed by atoms with E-state index in [9.17, 15) is 13.2 Å². The molecule has 0 N–H and O–H groups in total. The van der Waals surface area contributed by atoms with Gasteiger partial charge in [0, 0.05) is 38.2 Å². The number of furan rings is 1. The van der Waals surface area contributed by atoms with Gasteiger partial charge in [-0.15, -0.1) is 0 Å². The molecule has 1 aliphatic carbocycles. The van der Waals surface area contributed by atoms with E-state index < -0.39 is 10.0 Å². The maximum Gasteiger partial charge on any atom is 0.289 e. The normalized spacial score (nSPS) is 24.7. The average molecular weight is 384 g/mol. The fourth-order valence-corrected chi connectivity index (χ4v) is 4.74. The van der Waals surface area contributed by atoms with Gasteiger partial charge in [-0.3, -0.25) is 4.79 Å². The van der Waals surface area contributed by atoms with E-state index in [1.54, 1.807) is 0 Å². The molecule has 1 aromatic heterocycles. The summed E-state index contributed by atoms with van der Waals surface area (Å²) in [5.74, 6) is 0.191. The molecule has 3 fully saturated rings. The molecular weight excluding hydrogens is 360 g/mol. The van der Waals surface area contributed by atoms with Crippen LogP contribution >= 0.6 is 0 Å². The highest BCUT2D eigenvalue weighted by molar-refractivity contribution is 7.89. The lowest BCUT2D eigenvalue weighted by Crippen LogP contribution is -2.40. The first kappa shape index (κ1) is 18.0. The van der Waals surface area contributed by atoms with Gasteiger partial charge in [-0.2, -0.15) is 4.31 Å². The first-order valence-electron chi connectivity index (χ1n) is 9.12. The molecule has 3 aliphatic rings. The Hall–Kier alpha value is -1.42. The van der Waals surface area contributed by atoms with Crippen LogP contribution in [0.1, 0.15) is 29.8 Å². The van der Waals surface area contributed by atoms with E-state index >= 15 is 0 Å². The first-order valence-corrected chi connectivity index (χ1v) is 10.6. The van der Waals surface area contributed by atoms with E-state index in [4.69, 9.17) is 13.9 Å². The van der Waals surface area contributed by atoms with Crippen molar-refractivity contribution in [1.29, 1.82) is 0 Å². The lowest BCUT2D eigenvalue weighted by atomic mass is 10.1. The summed E-state index contributed by atoms with van der Waals surface area (Å²) in [6.07, 6.45) is 2.92. The van der Waals surface area contributed by atoms with Crippen LogP contribution in [0.5, 0.6) is 0 Å². The minimum Gasteiger partial charge on any atom is -0.438 e. The molecular formula is C17H24N2O6S. The van der Waals surface area contributed by atoms with E-state index in [0.717, 1.165) is 25.9 Å². The standard InChI is InChI=1S/C17H24N2O6S/c20-17(19(14-1-2-14)11-13-5-8-24-12-13)15-3-4-16(25-15)26(21,22)18-6-9-23-10-7-18/h3-4,13-14H,1-2,5-12H2/t13-/m0/s1. The molecule has 4 rings (SSSR count). The van der Waals surface area contributed by atoms with Crippen LogP contribution in [-0.2, 0) is 19.5 Å². The molecule has 1 saturated carbocycles. The van der Waals surface area contributed by atoms with Gasteiger partial charge in [-0.25, -0.2) is 8.42 Å². The molecule has 2 aliphatic heterocycles. The van der Waals surface area contributed by atoms with Crippen molar-refractivity contribution in [1.82, 2.24) is 9.21 Å². The Labute approximate surface area is 153 Å². The van der Waals surface area contributed by atoms with Gasteiger partial charge in [0.05, 0.1) is 19.8 Å². The summed E-state index contributed by atoms with van der Waals surface area (Å²) in [4.78, 5) is 14.7. The number of carbonyl (C=O) groups excluding carboxylic acids is 1. The van der Waals surface area contributed by atoms with Crippen LogP contribution in [0.4, 0.5) is 0 Å². The zero-order valence-corrected chi connectivity index (χ0v) is 15.4. The van der Waals surface area contributed by atoms with E-state index in [2.05, 4.69) is 0 Å². The number of sulfonamides is 1. The molecule has 8 nitrogen and oxygen atoms in total. The van der Waals surface area contributed by atoms with Gasteiger partial charge in [0.2, 0.25) is 5.09 Å². The quantitative estimate of drug-likeness (QED) is 0.725. The van der Waals surface area contributed by atoms with Crippen LogP contribution in [0.2, 0.25) is 0 Å². The minimum atomic E-state index is -3.73. The highest BCUT2D eigenvalue weighted by Gasteiger charge is 2.37. The van der Waals surface area contributed by atoms with Gasteiger partial charge < -0.3 is 18.8 Å². The number of hydrogen-bond donors (Lipinski definition) is 0. The highest BCUT2D eigenvalue weighted by atomic mass is 32.2. The Balaban J connectivity index is 1.49. The van der Waals surface area contributed by atoms with E-state index in [1.807, 2.05) is 4.90 Å². The summed E-state index contributed by atoms with van der Waals surface area (Å²) in [7, 11) is -3.73. The summed E-state index contributed by atoms with van der Waals surface area (Å²) in [6.45, 7) is 3.36. The fraction of sp³-hybridized carbons (Fsp3) is 0.706. The lowest BCUT2D eigenvalue weighted by molar-refractivity contribution is 0.0662. The van der Waals surface area contributed by atoms with E-state index in [-0.39, 0.29) is 22.8 Å². The van der Waals surface area contributed by atoms with Gasteiger partial charge in [0.15, 0.2) is 5.76 Å². The number of nitrogens with zero attached hydrogens (tertiary/aromatic N) is 2. The van der Waals surface area contributed by atoms with E-state index in [0.29, 0.717) is 45.4 Å². The number of carbonyl (C=O) groups is 1. The monoisotopic (exact) mass is 384 g/mol. The molecule has 1 amide bonds. The molecule has 26 heavy (non-hydrogen) atoms. The maximum atomic E-state index is 12.9. The van der Waals surface area contributed by atoms with Crippen molar-refractivity contribution in [3.63, 3.8) is 0 Å². The smallest absolute Gasteiger partial charge is 0.289 e. The SMILES string of the molecule is O=C(c1ccc(S(=O)(=O)N2CCOCC2)o1)N(C[C@@H]1CCOC1)C1CC1. The van der Waals surface area contributed by atoms with Crippen LogP contribution < -0.4 is 0 Å². The highest BCUT2D eigenvalue weighted by Crippen LogP contribution is 2.31. The molecule has 144 valence electrons. The van der Waals surface area contributed by atoms with Crippen LogP contribution in [0.3, 0.4) is 0 Å². The summed E-state index contributed by atoms with van der Waals surface area (Å²) in [6, 6.07) is 3.07. The zero-order valence-electron chi connectivity index (χ0n) is 14.6. The number of ether oxygens (including phenoxy) is 2. The van der Waals surface area contributed by atoms with Crippen molar-refractivity contribution < 1.29 is 27.1 Å². The predicted octanol–water partition coefficient (Wildman–Crippen LogP) is 0.942. The average Bonchev–Trinajstić information content (AvgIpc) is 3.14. The molecule has 0 spiro atoms. The summed E-state index contributed by atoms with van der Waals surface area (Å²) < 4.78 is 42.7. The molecule has 0 radical (unpaired) electrons. The molecule has 1 atom stereocenters. The summed E-state index contributed by atoms with van der Waals surface area (Å²) >= 11 is 0. The third kappa shape index (κ3) is 3.66. The number of rotatable bonds is 6. The molecule has 1 aromatic rings. The Morgan fingerprint density at radius 3 is 2.54 bits per heavy atom. The van der Waals surface area contributed by atoms with E-state index in [1.165, 1.54) is 16.4 Å². The van der Waals surface area contributed by atoms with Crippen LogP contribution in [0, 0.1) is 5.92 Å². The van der Waals surface area contributed by atoms with Crippen molar-refractivity contribution >= 4 is 15.9 Å². The third-order valence-corrected chi connectivity index (χ3v) is 6.86. The second-order valence-corrected chi connectivity index (χ2v) is 8.92. The maximum absolute atomic E-state index is 12.9. The Morgan fingerprint density at radius 1 is 1.12 bits per heavy atom. The van der Waals surface area contributed by atoms with Gasteiger partial charge in [-0.1, -0.05) is 0 Å². The summed E-state index contributed by atoms with van der Waals surface area (Å²) in [5, 5.41) is -0.178. The van der Waals surface area contributed by atoms with Crippen LogP contribution in [-0.4, -0.2) is 75.6 Å². The van der Waals surface area contributed by atoms with Crippen molar-refractivity contribution in [2.75, 3.05) is 46.1 Å². The van der Waals surface area contributed by atoms with Crippen molar-refractivity contribution in [3.05, 3.63) is 17.9 Å². The number of hydrogen-bond acceptors (Lipinski definition) is 6. The summed E-state index contributed by atoms with van der Waals surface area (Å²) in [5.41, 5.74) is 0. The molecule has 2 saturated heterocycles. The largest absolute Gasteiger partial charge is 0.438 e. The van der Waals surface area contributed by atoms with Crippen LogP contribution in [0.25, 0.3) is 0 Å². The van der Waals surface area contributed by atoms with Crippen molar-refractivity contribution in [3.8, 4) is 0 Å². The minimum absolute atomic E-state index is 0.0858. The number of morpholine rings is 1. The Bertz CT molecular complexity index is 745. The number of amides is 1. The molecule has 9 heteroatoms. The van der Waals surface area contributed by atoms with Crippen molar-refractivity contribution in [2.45, 2.75) is 30.4 Å². The van der Waals surface area contributed by atoms with Crippen molar-refractivity contribution in [2.24, 2.45) is 5.92 Å². The molecule has 0 unspecified atom stereocenters. The first-order chi connectivity index (χ1) is 12.6.